The number of carbonyl (C=O) groups is 1. The van der Waals surface area contributed by atoms with Crippen LogP contribution in [0.15, 0.2) is 24.3 Å². The molecule has 8 heteroatoms. The Kier molecular flexibility index (Phi) is 4.87. The van der Waals surface area contributed by atoms with Crippen molar-refractivity contribution in [2.45, 2.75) is 31.8 Å². The zero-order chi connectivity index (χ0) is 19.0. The van der Waals surface area contributed by atoms with E-state index in [4.69, 9.17) is 16.4 Å². The van der Waals surface area contributed by atoms with Crippen LogP contribution in [-0.4, -0.2) is 12.0 Å². The number of halogens is 2. The van der Waals surface area contributed by atoms with Crippen LogP contribution in [-0.2, 0) is 22.5 Å². The van der Waals surface area contributed by atoms with E-state index in [1.165, 1.54) is 29.5 Å². The van der Waals surface area contributed by atoms with Crippen LogP contribution in [0.5, 0.6) is 0 Å². The number of aryl methyl sites for hydroxylation is 1. The van der Waals surface area contributed by atoms with Crippen molar-refractivity contribution in [1.82, 2.24) is 5.48 Å². The number of fused-ring (bicyclic) bond motifs is 1. The first-order valence-electron chi connectivity index (χ1n) is 8.52. The molecule has 0 unspecified atom stereocenters. The molecule has 0 saturated heterocycles. The lowest BCUT2D eigenvalue weighted by atomic mass is 9.96. The topological polar surface area (TPSA) is 74.2 Å². The van der Waals surface area contributed by atoms with Gasteiger partial charge in [-0.15, -0.1) is 11.3 Å². The number of nitrogens with zero attached hydrogens (tertiary/aromatic N) is 1. The molecule has 138 valence electrons. The summed E-state index contributed by atoms with van der Waals surface area (Å²) in [6.45, 7) is 0. The van der Waals surface area contributed by atoms with Crippen LogP contribution in [0.2, 0.25) is 5.02 Å². The Bertz CT molecular complexity index is 975. The smallest absolute Gasteiger partial charge is 0.261 e. The third kappa shape index (κ3) is 3.32. The van der Waals surface area contributed by atoms with Gasteiger partial charge in [0, 0.05) is 4.88 Å². The quantitative estimate of drug-likeness (QED) is 0.806. The van der Waals surface area contributed by atoms with Gasteiger partial charge in [0.25, 0.3) is 5.91 Å². The van der Waals surface area contributed by atoms with E-state index in [1.54, 1.807) is 6.07 Å². The van der Waals surface area contributed by atoms with E-state index in [1.807, 2.05) is 0 Å². The molecule has 2 N–H and O–H groups in total. The summed E-state index contributed by atoms with van der Waals surface area (Å²) in [7, 11) is 0. The summed E-state index contributed by atoms with van der Waals surface area (Å²) in [4.78, 5) is 19.0. The molecule has 1 aliphatic carbocycles. The highest BCUT2D eigenvalue weighted by Crippen LogP contribution is 2.38. The van der Waals surface area contributed by atoms with Gasteiger partial charge in [-0.2, -0.15) is 5.26 Å². The molecule has 2 aliphatic rings. The van der Waals surface area contributed by atoms with Gasteiger partial charge >= 0.3 is 0 Å². The molecule has 2 aromatic rings. The predicted molar refractivity (Wildman–Crippen MR) is 102 cm³/mol. The Morgan fingerprint density at radius 1 is 1.41 bits per heavy atom. The van der Waals surface area contributed by atoms with Gasteiger partial charge in [-0.1, -0.05) is 17.7 Å². The zero-order valence-corrected chi connectivity index (χ0v) is 15.7. The molecule has 0 spiro atoms. The second kappa shape index (κ2) is 7.31. The highest BCUT2D eigenvalue weighted by molar-refractivity contribution is 7.16. The lowest BCUT2D eigenvalue weighted by Crippen LogP contribution is -2.28. The molecule has 0 bridgehead atoms. The number of rotatable bonds is 3. The minimum Gasteiger partial charge on any atom is -0.314 e. The molecule has 4 rings (SSSR count). The first-order chi connectivity index (χ1) is 13.1. The third-order valence-electron chi connectivity index (χ3n) is 4.62. The molecule has 1 amide bonds. The van der Waals surface area contributed by atoms with Crippen molar-refractivity contribution in [1.29, 1.82) is 5.26 Å². The van der Waals surface area contributed by atoms with Gasteiger partial charge in [-0.05, 0) is 49.5 Å². The maximum Gasteiger partial charge on any atom is 0.261 e. The van der Waals surface area contributed by atoms with Crippen molar-refractivity contribution >= 4 is 39.5 Å². The van der Waals surface area contributed by atoms with E-state index < -0.39 is 17.8 Å². The molecule has 1 aromatic carbocycles. The Balaban J connectivity index is 1.56. The highest BCUT2D eigenvalue weighted by atomic mass is 35.5. The van der Waals surface area contributed by atoms with E-state index in [9.17, 15) is 14.4 Å². The Hall–Kier alpha value is -2.40. The van der Waals surface area contributed by atoms with Gasteiger partial charge < -0.3 is 5.32 Å². The fourth-order valence-electron chi connectivity index (χ4n) is 3.32. The standard InChI is InChI=1S/C19H15ClFN3O2S/c20-12-5-3-6-13(21)17(12)14-8-15(26-24-14)18(25)23-19-11(9-22)10-4-1-2-7-16(10)27-19/h3,5-6,8,15,24H,1-2,4,7H2,(H,23,25)/t15-/m0/s1. The zero-order valence-electron chi connectivity index (χ0n) is 14.1. The van der Waals surface area contributed by atoms with Crippen LogP contribution < -0.4 is 10.8 Å². The second-order valence-electron chi connectivity index (χ2n) is 6.33. The highest BCUT2D eigenvalue weighted by Gasteiger charge is 2.29. The number of benzene rings is 1. The lowest BCUT2D eigenvalue weighted by Gasteiger charge is -2.09. The molecular weight excluding hydrogens is 389 g/mol. The number of nitriles is 1. The number of hydrogen-bond donors (Lipinski definition) is 2. The molecule has 2 heterocycles. The van der Waals surface area contributed by atoms with E-state index in [2.05, 4.69) is 16.9 Å². The average molecular weight is 404 g/mol. The van der Waals surface area contributed by atoms with Gasteiger partial charge in [-0.25, -0.2) is 4.39 Å². The van der Waals surface area contributed by atoms with Crippen molar-refractivity contribution in [3.8, 4) is 6.07 Å². The fourth-order valence-corrected chi connectivity index (χ4v) is 4.83. The van der Waals surface area contributed by atoms with E-state index >= 15 is 0 Å². The van der Waals surface area contributed by atoms with Crippen LogP contribution in [0.4, 0.5) is 9.39 Å². The monoisotopic (exact) mass is 403 g/mol. The second-order valence-corrected chi connectivity index (χ2v) is 7.85. The molecule has 1 aromatic heterocycles. The summed E-state index contributed by atoms with van der Waals surface area (Å²) in [6.07, 6.45) is 4.46. The number of anilines is 1. The minimum atomic E-state index is -0.957. The normalized spacial score (nSPS) is 18.3. The van der Waals surface area contributed by atoms with E-state index in [0.29, 0.717) is 16.3 Å². The van der Waals surface area contributed by atoms with Crippen LogP contribution in [0.25, 0.3) is 5.70 Å². The van der Waals surface area contributed by atoms with Gasteiger partial charge in [0.2, 0.25) is 0 Å². The minimum absolute atomic E-state index is 0.152. The Labute approximate surface area is 164 Å². The van der Waals surface area contributed by atoms with Crippen molar-refractivity contribution in [3.63, 3.8) is 0 Å². The summed E-state index contributed by atoms with van der Waals surface area (Å²) >= 11 is 7.50. The summed E-state index contributed by atoms with van der Waals surface area (Å²) in [6, 6.07) is 6.55. The number of thiophene rings is 1. The van der Waals surface area contributed by atoms with Crippen molar-refractivity contribution < 1.29 is 14.0 Å². The van der Waals surface area contributed by atoms with Gasteiger partial charge in [-0.3, -0.25) is 15.1 Å². The molecule has 5 nitrogen and oxygen atoms in total. The SMILES string of the molecule is N#Cc1c(NC(=O)[C@@H]2C=C(c3c(F)cccc3Cl)NO2)sc2c1CCCC2. The fraction of sp³-hybridized carbons (Fsp3) is 0.263. The number of hydroxylamine groups is 1. The summed E-state index contributed by atoms with van der Waals surface area (Å²) in [5.41, 5.74) is 4.59. The van der Waals surface area contributed by atoms with Crippen molar-refractivity contribution in [2.24, 2.45) is 0 Å². The van der Waals surface area contributed by atoms with Crippen LogP contribution in [0.3, 0.4) is 0 Å². The number of carbonyl (C=O) groups excluding carboxylic acids is 1. The molecule has 0 fully saturated rings. The van der Waals surface area contributed by atoms with Gasteiger partial charge in [0.1, 0.15) is 16.9 Å². The van der Waals surface area contributed by atoms with Crippen LogP contribution in [0.1, 0.15) is 34.4 Å². The van der Waals surface area contributed by atoms with Crippen molar-refractivity contribution in [3.05, 3.63) is 56.7 Å². The maximum atomic E-state index is 14.1. The molecule has 27 heavy (non-hydrogen) atoms. The van der Waals surface area contributed by atoms with E-state index in [-0.39, 0.29) is 10.6 Å². The molecule has 0 radical (unpaired) electrons. The number of nitrogens with one attached hydrogen (secondary N) is 2. The van der Waals surface area contributed by atoms with Crippen molar-refractivity contribution in [2.75, 3.05) is 5.32 Å². The third-order valence-corrected chi connectivity index (χ3v) is 6.15. The summed E-state index contributed by atoms with van der Waals surface area (Å²) in [5, 5.41) is 13.0. The first kappa shape index (κ1) is 18.0. The summed E-state index contributed by atoms with van der Waals surface area (Å²) < 4.78 is 14.1. The molecule has 0 saturated carbocycles. The maximum absolute atomic E-state index is 14.1. The van der Waals surface area contributed by atoms with Gasteiger partial charge in [0.15, 0.2) is 6.10 Å². The first-order valence-corrected chi connectivity index (χ1v) is 9.71. The largest absolute Gasteiger partial charge is 0.314 e. The predicted octanol–water partition coefficient (Wildman–Crippen LogP) is 4.17. The van der Waals surface area contributed by atoms with Crippen LogP contribution in [0, 0.1) is 17.1 Å². The Morgan fingerprint density at radius 2 is 2.22 bits per heavy atom. The molecular formula is C19H15ClFN3O2S. The lowest BCUT2D eigenvalue weighted by molar-refractivity contribution is -0.125. The van der Waals surface area contributed by atoms with Crippen LogP contribution >= 0.6 is 22.9 Å². The van der Waals surface area contributed by atoms with E-state index in [0.717, 1.165) is 36.1 Å². The Morgan fingerprint density at radius 3 is 3.00 bits per heavy atom. The molecule has 1 atom stereocenters. The molecule has 1 aliphatic heterocycles. The average Bonchev–Trinajstić information content (AvgIpc) is 3.26. The number of amides is 1. The van der Waals surface area contributed by atoms with Gasteiger partial charge in [0.05, 0.1) is 21.8 Å². The number of hydrogen-bond acceptors (Lipinski definition) is 5. The summed E-state index contributed by atoms with van der Waals surface area (Å²) in [5.74, 6) is -0.941.